The normalized spacial score (nSPS) is 30.8. The zero-order valence-electron chi connectivity index (χ0n) is 10.4. The zero-order valence-corrected chi connectivity index (χ0v) is 10.4. The van der Waals surface area contributed by atoms with Gasteiger partial charge in [-0.2, -0.15) is 0 Å². The number of nitrogens with zero attached hydrogens (tertiary/aromatic N) is 3. The number of aromatic nitrogens is 4. The molecule has 20 heavy (non-hydrogen) atoms. The van der Waals surface area contributed by atoms with Gasteiger partial charge in [-0.25, -0.2) is 9.97 Å². The molecule has 1 aliphatic heterocycles. The van der Waals surface area contributed by atoms with Crippen molar-refractivity contribution >= 4 is 11.2 Å². The average molecular weight is 282 g/mol. The topological polar surface area (TPSA) is 133 Å². The second-order valence-corrected chi connectivity index (χ2v) is 4.66. The molecule has 9 nitrogen and oxygen atoms in total. The largest absolute Gasteiger partial charge is 0.394 e. The Morgan fingerprint density at radius 2 is 2.25 bits per heavy atom. The van der Waals surface area contributed by atoms with Crippen molar-refractivity contribution in [3.8, 4) is 0 Å². The fourth-order valence-electron chi connectivity index (χ4n) is 2.34. The third-order valence-electron chi connectivity index (χ3n) is 3.41. The summed E-state index contributed by atoms with van der Waals surface area (Å²) in [6.45, 7) is -0.421. The Hall–Kier alpha value is -1.81. The Labute approximate surface area is 112 Å². The minimum absolute atomic E-state index is 0.109. The molecule has 2 aromatic rings. The highest BCUT2D eigenvalue weighted by Crippen LogP contribution is 2.28. The lowest BCUT2D eigenvalue weighted by molar-refractivity contribution is -0.200. The average Bonchev–Trinajstić information content (AvgIpc) is 2.87. The van der Waals surface area contributed by atoms with Gasteiger partial charge in [-0.05, 0) is 0 Å². The molecule has 0 spiro atoms. The van der Waals surface area contributed by atoms with Gasteiger partial charge < -0.3 is 25.0 Å². The number of ether oxygens (including phenoxy) is 1. The molecule has 0 unspecified atom stereocenters. The SMILES string of the molecule is O=c1[nH]cnc2c1ncn2[C@H]1C[C@H](O)[C@H](O)[C@@H](CO)O1. The van der Waals surface area contributed by atoms with E-state index in [1.807, 2.05) is 0 Å². The third kappa shape index (κ3) is 2.00. The number of hydrogen-bond acceptors (Lipinski definition) is 7. The van der Waals surface area contributed by atoms with Gasteiger partial charge in [0.2, 0.25) is 0 Å². The van der Waals surface area contributed by atoms with E-state index in [0.717, 1.165) is 0 Å². The van der Waals surface area contributed by atoms with Crippen LogP contribution in [0.1, 0.15) is 12.6 Å². The molecular weight excluding hydrogens is 268 g/mol. The molecule has 0 bridgehead atoms. The van der Waals surface area contributed by atoms with Gasteiger partial charge in [0.1, 0.15) is 18.4 Å². The fourth-order valence-corrected chi connectivity index (χ4v) is 2.34. The van der Waals surface area contributed by atoms with E-state index in [9.17, 15) is 15.0 Å². The van der Waals surface area contributed by atoms with E-state index in [0.29, 0.717) is 5.65 Å². The van der Waals surface area contributed by atoms with Gasteiger partial charge in [0.25, 0.3) is 5.56 Å². The molecule has 0 aliphatic carbocycles. The van der Waals surface area contributed by atoms with Crippen molar-refractivity contribution in [2.24, 2.45) is 0 Å². The summed E-state index contributed by atoms with van der Waals surface area (Å²) in [5.41, 5.74) is 0.111. The minimum atomic E-state index is -1.15. The molecule has 3 heterocycles. The first-order valence-electron chi connectivity index (χ1n) is 6.14. The second kappa shape index (κ2) is 4.94. The predicted octanol–water partition coefficient (Wildman–Crippen LogP) is -1.88. The summed E-state index contributed by atoms with van der Waals surface area (Å²) < 4.78 is 7.02. The minimum Gasteiger partial charge on any atom is -0.394 e. The van der Waals surface area contributed by atoms with Crippen molar-refractivity contribution in [1.82, 2.24) is 19.5 Å². The lowest BCUT2D eigenvalue weighted by Gasteiger charge is -2.36. The maximum Gasteiger partial charge on any atom is 0.278 e. The Kier molecular flexibility index (Phi) is 3.26. The summed E-state index contributed by atoms with van der Waals surface area (Å²) in [4.78, 5) is 22.0. The number of rotatable bonds is 2. The molecule has 3 rings (SSSR count). The number of fused-ring (bicyclic) bond motifs is 1. The summed E-state index contributed by atoms with van der Waals surface area (Å²) in [5, 5.41) is 28.7. The zero-order chi connectivity index (χ0) is 14.3. The van der Waals surface area contributed by atoms with Gasteiger partial charge in [0.05, 0.1) is 25.4 Å². The molecule has 1 saturated heterocycles. The van der Waals surface area contributed by atoms with Crippen LogP contribution >= 0.6 is 0 Å². The maximum atomic E-state index is 11.6. The fraction of sp³-hybridized carbons (Fsp3) is 0.545. The molecule has 4 atom stereocenters. The smallest absolute Gasteiger partial charge is 0.278 e. The molecule has 108 valence electrons. The van der Waals surface area contributed by atoms with Crippen LogP contribution in [-0.4, -0.2) is 59.8 Å². The molecule has 1 fully saturated rings. The van der Waals surface area contributed by atoms with Crippen molar-refractivity contribution in [2.45, 2.75) is 31.0 Å². The summed E-state index contributed by atoms with van der Waals surface area (Å²) in [7, 11) is 0. The Morgan fingerprint density at radius 1 is 1.45 bits per heavy atom. The molecule has 0 radical (unpaired) electrons. The van der Waals surface area contributed by atoms with Crippen LogP contribution in [-0.2, 0) is 4.74 Å². The summed E-state index contributed by atoms with van der Waals surface area (Å²) in [5.74, 6) is 0. The van der Waals surface area contributed by atoms with Gasteiger partial charge >= 0.3 is 0 Å². The van der Waals surface area contributed by atoms with Crippen molar-refractivity contribution in [2.75, 3.05) is 6.61 Å². The van der Waals surface area contributed by atoms with E-state index in [-0.39, 0.29) is 17.5 Å². The van der Waals surface area contributed by atoms with Gasteiger partial charge in [-0.1, -0.05) is 0 Å². The Bertz CT molecular complexity index is 668. The van der Waals surface area contributed by atoms with E-state index in [1.54, 1.807) is 0 Å². The quantitative estimate of drug-likeness (QED) is 0.506. The number of aromatic amines is 1. The van der Waals surface area contributed by atoms with Gasteiger partial charge in [0, 0.05) is 6.42 Å². The van der Waals surface area contributed by atoms with Crippen LogP contribution in [0.15, 0.2) is 17.4 Å². The first-order valence-corrected chi connectivity index (χ1v) is 6.14. The highest BCUT2D eigenvalue weighted by Gasteiger charge is 2.37. The molecule has 0 aromatic carbocycles. The van der Waals surface area contributed by atoms with Crippen LogP contribution in [0.3, 0.4) is 0 Å². The Balaban J connectivity index is 1.99. The molecule has 2 aromatic heterocycles. The first kappa shape index (κ1) is 13.2. The number of H-pyrrole nitrogens is 1. The van der Waals surface area contributed by atoms with Crippen molar-refractivity contribution in [3.63, 3.8) is 0 Å². The van der Waals surface area contributed by atoms with Crippen LogP contribution in [0, 0.1) is 0 Å². The number of aliphatic hydroxyl groups is 3. The van der Waals surface area contributed by atoms with Crippen molar-refractivity contribution < 1.29 is 20.1 Å². The van der Waals surface area contributed by atoms with Crippen LogP contribution in [0.5, 0.6) is 0 Å². The van der Waals surface area contributed by atoms with E-state index in [2.05, 4.69) is 15.0 Å². The van der Waals surface area contributed by atoms with Gasteiger partial charge in [-0.15, -0.1) is 0 Å². The number of aliphatic hydroxyl groups excluding tert-OH is 3. The van der Waals surface area contributed by atoms with Crippen LogP contribution < -0.4 is 5.56 Å². The van der Waals surface area contributed by atoms with Crippen LogP contribution in [0.25, 0.3) is 11.2 Å². The van der Waals surface area contributed by atoms with E-state index in [4.69, 9.17) is 9.84 Å². The number of hydrogen-bond donors (Lipinski definition) is 4. The standard InChI is InChI=1S/C11H14N4O5/c16-2-6-9(18)5(17)1-7(20-6)15-4-14-8-10(15)12-3-13-11(8)19/h3-7,9,16-18H,1-2H2,(H,12,13,19)/t5-,6+,7+,9-/m0/s1. The van der Waals surface area contributed by atoms with Gasteiger partial charge in [-0.3, -0.25) is 9.36 Å². The summed E-state index contributed by atoms with van der Waals surface area (Å²) in [6.07, 6.45) is -1.00. The molecule has 0 saturated carbocycles. The lowest BCUT2D eigenvalue weighted by atomic mass is 10.0. The van der Waals surface area contributed by atoms with Crippen LogP contribution in [0.2, 0.25) is 0 Å². The Morgan fingerprint density at radius 3 is 3.00 bits per heavy atom. The molecular formula is C11H14N4O5. The third-order valence-corrected chi connectivity index (χ3v) is 3.41. The number of nitrogens with one attached hydrogen (secondary N) is 1. The number of imidazole rings is 1. The predicted molar refractivity (Wildman–Crippen MR) is 65.8 cm³/mol. The summed E-state index contributed by atoms with van der Waals surface area (Å²) in [6, 6.07) is 0. The lowest BCUT2D eigenvalue weighted by Crippen LogP contribution is -2.48. The molecule has 9 heteroatoms. The van der Waals surface area contributed by atoms with Crippen LogP contribution in [0.4, 0.5) is 0 Å². The molecule has 0 amide bonds. The van der Waals surface area contributed by atoms with E-state index < -0.39 is 31.1 Å². The van der Waals surface area contributed by atoms with Crippen molar-refractivity contribution in [1.29, 1.82) is 0 Å². The monoisotopic (exact) mass is 282 g/mol. The molecule has 1 aliphatic rings. The highest BCUT2D eigenvalue weighted by atomic mass is 16.5. The van der Waals surface area contributed by atoms with E-state index >= 15 is 0 Å². The van der Waals surface area contributed by atoms with Crippen molar-refractivity contribution in [3.05, 3.63) is 23.0 Å². The second-order valence-electron chi connectivity index (χ2n) is 4.66. The molecule has 4 N–H and O–H groups in total. The highest BCUT2D eigenvalue weighted by molar-refractivity contribution is 5.68. The van der Waals surface area contributed by atoms with Gasteiger partial charge in [0.15, 0.2) is 11.2 Å². The maximum absolute atomic E-state index is 11.6. The van der Waals surface area contributed by atoms with E-state index in [1.165, 1.54) is 17.2 Å². The first-order chi connectivity index (χ1) is 9.61. The summed E-state index contributed by atoms with van der Waals surface area (Å²) >= 11 is 0.